The van der Waals surface area contributed by atoms with Crippen LogP contribution < -0.4 is 0 Å². The molecule has 0 bridgehead atoms. The van der Waals surface area contributed by atoms with Crippen molar-refractivity contribution in [3.05, 3.63) is 85.9 Å². The third-order valence-corrected chi connectivity index (χ3v) is 8.75. The molecular formula is C24H17N3O9S2. The lowest BCUT2D eigenvalue weighted by Gasteiger charge is -2.50. The molecule has 14 heteroatoms. The number of nitro groups is 1. The summed E-state index contributed by atoms with van der Waals surface area (Å²) in [6.07, 6.45) is 0. The highest BCUT2D eigenvalue weighted by molar-refractivity contribution is 8.78. The number of benzene rings is 2. The van der Waals surface area contributed by atoms with E-state index in [1.54, 1.807) is 12.1 Å². The van der Waals surface area contributed by atoms with Crippen molar-refractivity contribution in [3.8, 4) is 0 Å². The van der Waals surface area contributed by atoms with E-state index in [-0.39, 0.29) is 40.6 Å². The normalized spacial score (nSPS) is 20.1. The van der Waals surface area contributed by atoms with Crippen LogP contribution in [-0.4, -0.2) is 62.4 Å². The predicted octanol–water partition coefficient (Wildman–Crippen LogP) is 2.64. The second-order valence-electron chi connectivity index (χ2n) is 8.30. The highest BCUT2D eigenvalue weighted by atomic mass is 33.1. The molecule has 3 amide bonds. The van der Waals surface area contributed by atoms with E-state index < -0.39 is 46.0 Å². The number of rotatable bonds is 7. The number of imide groups is 1. The summed E-state index contributed by atoms with van der Waals surface area (Å²) in [5.74, 6) is -3.32. The molecule has 0 N–H and O–H groups in total. The number of esters is 2. The van der Waals surface area contributed by atoms with Crippen molar-refractivity contribution < 1.29 is 38.4 Å². The summed E-state index contributed by atoms with van der Waals surface area (Å²) in [5, 5.41) is 10.1. The number of amides is 3. The third kappa shape index (κ3) is 4.31. The molecule has 5 rings (SSSR count). The Kier molecular flexibility index (Phi) is 6.67. The van der Waals surface area contributed by atoms with Gasteiger partial charge in [0.2, 0.25) is 0 Å². The molecule has 0 radical (unpaired) electrons. The zero-order chi connectivity index (χ0) is 27.1. The van der Waals surface area contributed by atoms with E-state index in [9.17, 15) is 34.1 Å². The first-order valence-corrected chi connectivity index (χ1v) is 13.3. The number of carbonyl (C=O) groups excluding carboxylic acids is 5. The number of non-ortho nitro benzene ring substituents is 1. The maximum atomic E-state index is 13.3. The lowest BCUT2D eigenvalue weighted by atomic mass is 10.0. The largest absolute Gasteiger partial charge is 0.460 e. The molecular weight excluding hydrogens is 538 g/mol. The van der Waals surface area contributed by atoms with Crippen LogP contribution in [0.25, 0.3) is 0 Å². The highest BCUT2D eigenvalue weighted by Gasteiger charge is 2.60. The number of nitro benzene ring substituents is 1. The molecule has 1 saturated heterocycles. The van der Waals surface area contributed by atoms with Crippen molar-refractivity contribution in [1.29, 1.82) is 0 Å². The summed E-state index contributed by atoms with van der Waals surface area (Å²) < 4.78 is 10.4. The van der Waals surface area contributed by atoms with Gasteiger partial charge in [0.25, 0.3) is 23.4 Å². The van der Waals surface area contributed by atoms with Crippen molar-refractivity contribution >= 4 is 56.9 Å². The summed E-state index contributed by atoms with van der Waals surface area (Å²) in [7, 11) is 2.23. The van der Waals surface area contributed by atoms with E-state index in [1.807, 2.05) is 0 Å². The van der Waals surface area contributed by atoms with E-state index in [0.717, 1.165) is 31.4 Å². The lowest BCUT2D eigenvalue weighted by Crippen LogP contribution is -2.70. The van der Waals surface area contributed by atoms with Gasteiger partial charge in [-0.3, -0.25) is 39.1 Å². The second kappa shape index (κ2) is 9.95. The molecule has 0 aliphatic carbocycles. The maximum absolute atomic E-state index is 13.3. The number of hydrogen-bond donors (Lipinski definition) is 0. The molecule has 2 aromatic rings. The minimum Gasteiger partial charge on any atom is -0.460 e. The number of carbonyl (C=O) groups is 5. The van der Waals surface area contributed by atoms with E-state index in [1.165, 1.54) is 43.3 Å². The van der Waals surface area contributed by atoms with Crippen LogP contribution in [0.2, 0.25) is 0 Å². The molecule has 12 nitrogen and oxygen atoms in total. The number of ether oxygens (including phenoxy) is 2. The molecule has 1 fully saturated rings. The van der Waals surface area contributed by atoms with Gasteiger partial charge in [0.1, 0.15) is 24.3 Å². The molecule has 0 unspecified atom stereocenters. The van der Waals surface area contributed by atoms with Crippen molar-refractivity contribution in [2.45, 2.75) is 24.9 Å². The van der Waals surface area contributed by atoms with E-state index in [4.69, 9.17) is 9.47 Å². The standard InChI is InChI=1S/C24H17N3O9S2/c1-12(28)35-11-17-18(24(32)36-10-13-6-8-14(9-7-13)27(33)34)26-22(31)19(23(26)38-37-17)25-20(29)15-4-2-3-5-16(15)21(25)30/h2-9,19,23H,10-11H2,1H3/t19-,23-/m1/s1. The summed E-state index contributed by atoms with van der Waals surface area (Å²) in [4.78, 5) is 76.4. The molecule has 0 saturated carbocycles. The molecule has 3 aliphatic heterocycles. The minimum atomic E-state index is -1.13. The van der Waals surface area contributed by atoms with Gasteiger partial charge in [-0.1, -0.05) is 33.7 Å². The van der Waals surface area contributed by atoms with E-state index in [0.29, 0.717) is 5.56 Å². The fourth-order valence-corrected chi connectivity index (χ4v) is 6.99. The Morgan fingerprint density at radius 2 is 1.58 bits per heavy atom. The lowest BCUT2D eigenvalue weighted by molar-refractivity contribution is -0.384. The Hall–Kier alpha value is -4.17. The van der Waals surface area contributed by atoms with Gasteiger partial charge >= 0.3 is 11.9 Å². The monoisotopic (exact) mass is 555 g/mol. The highest BCUT2D eigenvalue weighted by Crippen LogP contribution is 2.52. The van der Waals surface area contributed by atoms with Crippen LogP contribution in [0.4, 0.5) is 5.69 Å². The summed E-state index contributed by atoms with van der Waals surface area (Å²) in [6.45, 7) is 0.667. The third-order valence-electron chi connectivity index (χ3n) is 5.99. The molecule has 2 atom stereocenters. The van der Waals surface area contributed by atoms with Crippen LogP contribution in [0, 0.1) is 10.1 Å². The molecule has 3 aliphatic rings. The van der Waals surface area contributed by atoms with Gasteiger partial charge in [-0.15, -0.1) is 0 Å². The fraction of sp³-hybridized carbons (Fsp3) is 0.208. The van der Waals surface area contributed by atoms with Gasteiger partial charge < -0.3 is 9.47 Å². The van der Waals surface area contributed by atoms with Crippen LogP contribution in [0.5, 0.6) is 0 Å². The van der Waals surface area contributed by atoms with Crippen LogP contribution in [-0.2, 0) is 30.5 Å². The van der Waals surface area contributed by atoms with Gasteiger partial charge in [-0.25, -0.2) is 4.79 Å². The first-order valence-electron chi connectivity index (χ1n) is 11.1. The summed E-state index contributed by atoms with van der Waals surface area (Å²) in [6, 6.07) is 10.5. The Morgan fingerprint density at radius 1 is 0.947 bits per heavy atom. The van der Waals surface area contributed by atoms with Crippen molar-refractivity contribution in [2.24, 2.45) is 0 Å². The van der Waals surface area contributed by atoms with Crippen molar-refractivity contribution in [2.75, 3.05) is 6.61 Å². The first kappa shape index (κ1) is 25.5. The Labute approximate surface area is 222 Å². The fourth-order valence-electron chi connectivity index (χ4n) is 4.16. The van der Waals surface area contributed by atoms with Crippen molar-refractivity contribution in [3.63, 3.8) is 0 Å². The predicted molar refractivity (Wildman–Crippen MR) is 133 cm³/mol. The minimum absolute atomic E-state index is 0.125. The van der Waals surface area contributed by atoms with Gasteiger partial charge in [0.15, 0.2) is 6.04 Å². The smallest absolute Gasteiger partial charge is 0.356 e. The van der Waals surface area contributed by atoms with Crippen LogP contribution in [0.15, 0.2) is 59.1 Å². The number of β-lactam (4-membered cyclic amide) rings is 1. The molecule has 0 aromatic heterocycles. The zero-order valence-corrected chi connectivity index (χ0v) is 21.2. The average molecular weight is 556 g/mol. The van der Waals surface area contributed by atoms with Gasteiger partial charge in [-0.2, -0.15) is 0 Å². The first-order chi connectivity index (χ1) is 18.2. The number of hydrogen-bond acceptors (Lipinski definition) is 11. The summed E-state index contributed by atoms with van der Waals surface area (Å²) in [5.41, 5.74) is 0.594. The Balaban J connectivity index is 1.38. The van der Waals surface area contributed by atoms with Crippen LogP contribution in [0.3, 0.4) is 0 Å². The Bertz CT molecular complexity index is 1400. The molecule has 2 aromatic carbocycles. The van der Waals surface area contributed by atoms with Crippen LogP contribution in [0.1, 0.15) is 33.2 Å². The van der Waals surface area contributed by atoms with Gasteiger partial charge in [0.05, 0.1) is 21.0 Å². The zero-order valence-electron chi connectivity index (χ0n) is 19.5. The maximum Gasteiger partial charge on any atom is 0.356 e. The van der Waals surface area contributed by atoms with Crippen molar-refractivity contribution in [1.82, 2.24) is 9.80 Å². The average Bonchev–Trinajstić information content (AvgIpc) is 3.15. The molecule has 0 spiro atoms. The topological polar surface area (TPSA) is 153 Å². The van der Waals surface area contributed by atoms with E-state index in [2.05, 4.69) is 0 Å². The van der Waals surface area contributed by atoms with Gasteiger partial charge in [0, 0.05) is 19.1 Å². The molecule has 194 valence electrons. The number of fused-ring (bicyclic) bond motifs is 2. The van der Waals surface area contributed by atoms with Gasteiger partial charge in [-0.05, 0) is 29.8 Å². The quantitative estimate of drug-likeness (QED) is 0.124. The second-order valence-corrected chi connectivity index (χ2v) is 10.7. The Morgan fingerprint density at radius 3 is 2.16 bits per heavy atom. The SMILES string of the molecule is CC(=O)OCC1=C(C(=O)OCc2ccc([N+](=O)[O-])cc2)N2C(=O)[C@@H](N3C(=O)c4ccccc4C3=O)[C@H]2SS1. The number of nitrogens with zero attached hydrogens (tertiary/aromatic N) is 3. The molecule has 3 heterocycles. The van der Waals surface area contributed by atoms with E-state index >= 15 is 0 Å². The summed E-state index contributed by atoms with van der Waals surface area (Å²) >= 11 is 0. The molecule has 38 heavy (non-hydrogen) atoms. The van der Waals surface area contributed by atoms with Crippen LogP contribution >= 0.6 is 21.6 Å².